The minimum Gasteiger partial charge on any atom is -0.349 e. The molecule has 1 atom stereocenters. The van der Waals surface area contributed by atoms with Gasteiger partial charge in [-0.2, -0.15) is 0 Å². The van der Waals surface area contributed by atoms with Gasteiger partial charge in [-0.05, 0) is 35.4 Å². The van der Waals surface area contributed by atoms with Crippen molar-refractivity contribution >= 4 is 58.0 Å². The highest BCUT2D eigenvalue weighted by Gasteiger charge is 2.26. The third-order valence-electron chi connectivity index (χ3n) is 4.56. The molecule has 1 unspecified atom stereocenters. The van der Waals surface area contributed by atoms with Crippen molar-refractivity contribution in [1.82, 2.24) is 5.32 Å². The number of amidine groups is 1. The van der Waals surface area contributed by atoms with Crippen molar-refractivity contribution in [3.63, 3.8) is 0 Å². The standard InChI is InChI=1S/C22H15Cl2N3O2/c23-15-6-4-13(5-7-15)17-11-26-21(9-20(17)28)27-19-12-25-10-18(22(19)29)14-2-1-3-16(24)8-14/h1-8,10-12,19H,9H2,(H,26,27). The van der Waals surface area contributed by atoms with E-state index >= 15 is 0 Å². The zero-order valence-corrected chi connectivity index (χ0v) is 16.6. The molecule has 0 radical (unpaired) electrons. The van der Waals surface area contributed by atoms with Gasteiger partial charge in [0.15, 0.2) is 11.6 Å². The van der Waals surface area contributed by atoms with Crippen LogP contribution >= 0.6 is 23.2 Å². The second-order valence-electron chi connectivity index (χ2n) is 6.55. The highest BCUT2D eigenvalue weighted by Crippen LogP contribution is 2.25. The molecule has 1 N–H and O–H groups in total. The number of hydrogen-bond acceptors (Lipinski definition) is 4. The zero-order valence-electron chi connectivity index (χ0n) is 15.1. The van der Waals surface area contributed by atoms with Crippen LogP contribution in [0.15, 0.2) is 70.9 Å². The summed E-state index contributed by atoms with van der Waals surface area (Å²) in [5.74, 6) is 0.136. The largest absolute Gasteiger partial charge is 0.349 e. The van der Waals surface area contributed by atoms with Gasteiger partial charge >= 0.3 is 0 Å². The number of carbonyl (C=O) groups excluding carboxylic acids is 2. The minimum atomic E-state index is -0.797. The van der Waals surface area contributed by atoms with Gasteiger partial charge in [0, 0.05) is 39.8 Å². The molecule has 0 saturated heterocycles. The average molecular weight is 424 g/mol. The maximum atomic E-state index is 12.9. The van der Waals surface area contributed by atoms with Crippen molar-refractivity contribution in [2.75, 3.05) is 0 Å². The number of allylic oxidation sites excluding steroid dienone is 1. The maximum Gasteiger partial charge on any atom is 0.194 e. The number of rotatable bonds is 3. The molecule has 0 aromatic heterocycles. The molecule has 7 heteroatoms. The Hall–Kier alpha value is -3.02. The molecule has 2 aromatic rings. The summed E-state index contributed by atoms with van der Waals surface area (Å²) in [4.78, 5) is 34.0. The van der Waals surface area contributed by atoms with Gasteiger partial charge in [-0.25, -0.2) is 0 Å². The van der Waals surface area contributed by atoms with Gasteiger partial charge in [-0.3, -0.25) is 19.6 Å². The van der Waals surface area contributed by atoms with Crippen LogP contribution < -0.4 is 5.32 Å². The van der Waals surface area contributed by atoms with Crippen LogP contribution in [0.2, 0.25) is 10.0 Å². The van der Waals surface area contributed by atoms with E-state index in [9.17, 15) is 9.59 Å². The molecule has 0 spiro atoms. The number of ketones is 2. The SMILES string of the molecule is O=C1CC(=NC2C=NC=C(c3cccc(Cl)c3)C2=O)NC=C1c1ccc(Cl)cc1. The second kappa shape index (κ2) is 8.15. The first-order valence-corrected chi connectivity index (χ1v) is 9.63. The van der Waals surface area contributed by atoms with E-state index in [1.54, 1.807) is 54.7 Å². The fourth-order valence-electron chi connectivity index (χ4n) is 3.11. The van der Waals surface area contributed by atoms with E-state index in [4.69, 9.17) is 23.2 Å². The summed E-state index contributed by atoms with van der Waals surface area (Å²) in [5.41, 5.74) is 2.43. The van der Waals surface area contributed by atoms with Crippen LogP contribution in [0.3, 0.4) is 0 Å². The van der Waals surface area contributed by atoms with Crippen molar-refractivity contribution in [3.05, 3.63) is 82.1 Å². The predicted molar refractivity (Wildman–Crippen MR) is 116 cm³/mol. The normalized spacial score (nSPS) is 20.3. The molecule has 2 aromatic carbocycles. The molecule has 144 valence electrons. The average Bonchev–Trinajstić information content (AvgIpc) is 2.71. The zero-order chi connectivity index (χ0) is 20.4. The van der Waals surface area contributed by atoms with E-state index < -0.39 is 6.04 Å². The van der Waals surface area contributed by atoms with Gasteiger partial charge in [0.05, 0.1) is 6.42 Å². The fraction of sp³-hybridized carbons (Fsp3) is 0.0909. The number of carbonyl (C=O) groups is 2. The Labute approximate surface area is 177 Å². The Morgan fingerprint density at radius 1 is 0.966 bits per heavy atom. The molecule has 2 aliphatic rings. The van der Waals surface area contributed by atoms with Gasteiger partial charge in [0.25, 0.3) is 0 Å². The van der Waals surface area contributed by atoms with E-state index in [0.717, 1.165) is 5.56 Å². The van der Waals surface area contributed by atoms with Crippen LogP contribution in [-0.2, 0) is 9.59 Å². The van der Waals surface area contributed by atoms with Crippen molar-refractivity contribution in [2.45, 2.75) is 12.5 Å². The van der Waals surface area contributed by atoms with Crippen LogP contribution in [0.4, 0.5) is 0 Å². The van der Waals surface area contributed by atoms with Crippen molar-refractivity contribution in [2.24, 2.45) is 9.98 Å². The Morgan fingerprint density at radius 3 is 2.48 bits per heavy atom. The number of nitrogens with one attached hydrogen (secondary N) is 1. The number of benzene rings is 2. The highest BCUT2D eigenvalue weighted by atomic mass is 35.5. The first-order valence-electron chi connectivity index (χ1n) is 8.87. The van der Waals surface area contributed by atoms with E-state index in [-0.39, 0.29) is 18.0 Å². The molecule has 4 rings (SSSR count). The quantitative estimate of drug-likeness (QED) is 0.796. The van der Waals surface area contributed by atoms with Gasteiger partial charge in [0.1, 0.15) is 11.9 Å². The topological polar surface area (TPSA) is 70.9 Å². The molecular weight excluding hydrogens is 409 g/mol. The number of aliphatic imine (C=N–C) groups is 2. The van der Waals surface area contributed by atoms with Crippen LogP contribution in [-0.4, -0.2) is 29.7 Å². The lowest BCUT2D eigenvalue weighted by Gasteiger charge is -2.19. The summed E-state index contributed by atoms with van der Waals surface area (Å²) in [6.07, 6.45) is 4.64. The Kier molecular flexibility index (Phi) is 5.43. The summed E-state index contributed by atoms with van der Waals surface area (Å²) >= 11 is 11.9. The van der Waals surface area contributed by atoms with E-state index in [2.05, 4.69) is 15.3 Å². The van der Waals surface area contributed by atoms with Crippen molar-refractivity contribution < 1.29 is 9.59 Å². The second-order valence-corrected chi connectivity index (χ2v) is 7.42. The van der Waals surface area contributed by atoms with E-state index in [1.807, 2.05) is 0 Å². The predicted octanol–water partition coefficient (Wildman–Crippen LogP) is 4.36. The van der Waals surface area contributed by atoms with Crippen LogP contribution in [0, 0.1) is 0 Å². The third-order valence-corrected chi connectivity index (χ3v) is 5.05. The van der Waals surface area contributed by atoms with Crippen molar-refractivity contribution in [1.29, 1.82) is 0 Å². The van der Waals surface area contributed by atoms with Gasteiger partial charge in [-0.15, -0.1) is 0 Å². The molecule has 0 saturated carbocycles. The number of nitrogens with zero attached hydrogens (tertiary/aromatic N) is 2. The minimum absolute atomic E-state index is 0.0717. The lowest BCUT2D eigenvalue weighted by Crippen LogP contribution is -2.32. The molecule has 0 fully saturated rings. The van der Waals surface area contributed by atoms with Crippen LogP contribution in [0.5, 0.6) is 0 Å². The fourth-order valence-corrected chi connectivity index (χ4v) is 3.43. The Balaban J connectivity index is 1.54. The highest BCUT2D eigenvalue weighted by molar-refractivity contribution is 6.33. The molecule has 0 amide bonds. The molecule has 0 aliphatic carbocycles. The van der Waals surface area contributed by atoms with Gasteiger partial charge in [0.2, 0.25) is 0 Å². The summed E-state index contributed by atoms with van der Waals surface area (Å²) in [6, 6.07) is 13.3. The smallest absolute Gasteiger partial charge is 0.194 e. The summed E-state index contributed by atoms with van der Waals surface area (Å²) in [7, 11) is 0. The van der Waals surface area contributed by atoms with E-state index in [1.165, 1.54) is 12.4 Å². The van der Waals surface area contributed by atoms with Crippen molar-refractivity contribution in [3.8, 4) is 0 Å². The summed E-state index contributed by atoms with van der Waals surface area (Å²) in [5, 5.41) is 4.16. The number of halogens is 2. The van der Waals surface area contributed by atoms with Gasteiger partial charge in [-0.1, -0.05) is 47.5 Å². The molecular formula is C22H15Cl2N3O2. The summed E-state index contributed by atoms with van der Waals surface area (Å²) < 4.78 is 0. The van der Waals surface area contributed by atoms with E-state index in [0.29, 0.717) is 32.6 Å². The lowest BCUT2D eigenvalue weighted by molar-refractivity contribution is -0.114. The third kappa shape index (κ3) is 4.21. The molecule has 5 nitrogen and oxygen atoms in total. The Morgan fingerprint density at radius 2 is 1.76 bits per heavy atom. The lowest BCUT2D eigenvalue weighted by atomic mass is 9.96. The van der Waals surface area contributed by atoms with Crippen LogP contribution in [0.1, 0.15) is 17.5 Å². The molecule has 29 heavy (non-hydrogen) atoms. The summed E-state index contributed by atoms with van der Waals surface area (Å²) in [6.45, 7) is 0. The molecule has 0 bridgehead atoms. The first-order chi connectivity index (χ1) is 14.0. The van der Waals surface area contributed by atoms with Crippen LogP contribution in [0.25, 0.3) is 11.1 Å². The number of Topliss-reactive ketones (excluding diaryl/α,β-unsaturated/α-hetero) is 2. The molecule has 2 heterocycles. The number of hydrogen-bond donors (Lipinski definition) is 1. The van der Waals surface area contributed by atoms with Gasteiger partial charge < -0.3 is 5.32 Å². The molecule has 2 aliphatic heterocycles. The first kappa shape index (κ1) is 19.3. The monoisotopic (exact) mass is 423 g/mol. The maximum absolute atomic E-state index is 12.9. The Bertz CT molecular complexity index is 1120.